The predicted octanol–water partition coefficient (Wildman–Crippen LogP) is 3.01. The largest absolute Gasteiger partial charge is 0.481 e. The molecule has 104 valence electrons. The van der Waals surface area contributed by atoms with Crippen LogP contribution < -0.4 is 5.32 Å². The lowest BCUT2D eigenvalue weighted by Gasteiger charge is -2.05. The first kappa shape index (κ1) is 14.3. The van der Waals surface area contributed by atoms with Crippen LogP contribution in [0.5, 0.6) is 0 Å². The van der Waals surface area contributed by atoms with Crippen molar-refractivity contribution in [3.8, 4) is 11.1 Å². The van der Waals surface area contributed by atoms with Crippen LogP contribution in [0.25, 0.3) is 11.1 Å². The summed E-state index contributed by atoms with van der Waals surface area (Å²) in [6.07, 6.45) is 0.503. The Labute approximate surface area is 121 Å². The van der Waals surface area contributed by atoms with Crippen LogP contribution in [0.1, 0.15) is 22.5 Å². The average Bonchev–Trinajstić information content (AvgIpc) is 2.93. The van der Waals surface area contributed by atoms with E-state index in [0.717, 1.165) is 11.1 Å². The first-order valence-electron chi connectivity index (χ1n) is 6.31. The molecule has 0 spiro atoms. The molecule has 4 nitrogen and oxygen atoms in total. The van der Waals surface area contributed by atoms with E-state index in [9.17, 15) is 9.59 Å². The summed E-state index contributed by atoms with van der Waals surface area (Å²) >= 11 is 1.39. The average molecular weight is 289 g/mol. The second kappa shape index (κ2) is 6.86. The Bertz CT molecular complexity index is 592. The first-order chi connectivity index (χ1) is 9.68. The van der Waals surface area contributed by atoms with Crippen LogP contribution in [0.15, 0.2) is 41.8 Å². The van der Waals surface area contributed by atoms with Crippen LogP contribution in [-0.4, -0.2) is 23.5 Å². The molecule has 0 bridgehead atoms. The first-order valence-corrected chi connectivity index (χ1v) is 7.19. The second-order valence-electron chi connectivity index (χ2n) is 4.28. The Balaban J connectivity index is 2.01. The molecule has 0 unspecified atom stereocenters. The van der Waals surface area contributed by atoms with Gasteiger partial charge in [0, 0.05) is 18.5 Å². The summed E-state index contributed by atoms with van der Waals surface area (Å²) in [5.74, 6) is -0.996. The monoisotopic (exact) mass is 289 g/mol. The van der Waals surface area contributed by atoms with Crippen LogP contribution in [0.2, 0.25) is 0 Å². The molecule has 2 aromatic rings. The van der Waals surface area contributed by atoms with Gasteiger partial charge in [-0.2, -0.15) is 0 Å². The van der Waals surface area contributed by atoms with Gasteiger partial charge in [0.25, 0.3) is 5.91 Å². The SMILES string of the molecule is O=C(O)CCCNC(=O)c1sccc1-c1ccccc1. The number of nitrogens with one attached hydrogen (secondary N) is 1. The highest BCUT2D eigenvalue weighted by molar-refractivity contribution is 7.12. The molecule has 1 amide bonds. The van der Waals surface area contributed by atoms with Gasteiger partial charge >= 0.3 is 5.97 Å². The maximum atomic E-state index is 12.1. The molecule has 0 aliphatic carbocycles. The number of carboxylic acid groups (broad SMARTS) is 1. The third-order valence-electron chi connectivity index (χ3n) is 2.81. The van der Waals surface area contributed by atoms with Gasteiger partial charge in [-0.05, 0) is 23.4 Å². The van der Waals surface area contributed by atoms with Crippen LogP contribution in [0, 0.1) is 0 Å². The lowest BCUT2D eigenvalue weighted by atomic mass is 10.1. The number of carbonyl (C=O) groups is 2. The summed E-state index contributed by atoms with van der Waals surface area (Å²) in [7, 11) is 0. The summed E-state index contributed by atoms with van der Waals surface area (Å²) in [6.45, 7) is 0.372. The molecule has 1 heterocycles. The smallest absolute Gasteiger partial charge is 0.303 e. The molecule has 2 N–H and O–H groups in total. The number of carboxylic acids is 1. The van der Waals surface area contributed by atoms with Gasteiger partial charge in [-0.15, -0.1) is 11.3 Å². The van der Waals surface area contributed by atoms with Gasteiger partial charge in [-0.25, -0.2) is 0 Å². The Morgan fingerprint density at radius 3 is 2.60 bits per heavy atom. The minimum absolute atomic E-state index is 0.0657. The number of hydrogen-bond acceptors (Lipinski definition) is 3. The zero-order chi connectivity index (χ0) is 14.4. The van der Waals surface area contributed by atoms with Crippen molar-refractivity contribution < 1.29 is 14.7 Å². The molecule has 0 saturated carbocycles. The topological polar surface area (TPSA) is 66.4 Å². The highest BCUT2D eigenvalue weighted by Crippen LogP contribution is 2.27. The number of benzene rings is 1. The molecule has 20 heavy (non-hydrogen) atoms. The van der Waals surface area contributed by atoms with E-state index in [1.165, 1.54) is 11.3 Å². The lowest BCUT2D eigenvalue weighted by Crippen LogP contribution is -2.24. The molecule has 0 atom stereocenters. The van der Waals surface area contributed by atoms with Gasteiger partial charge in [0.15, 0.2) is 0 Å². The Morgan fingerprint density at radius 2 is 1.90 bits per heavy atom. The molecular weight excluding hydrogens is 274 g/mol. The van der Waals surface area contributed by atoms with Crippen LogP contribution in [-0.2, 0) is 4.79 Å². The van der Waals surface area contributed by atoms with E-state index in [2.05, 4.69) is 5.32 Å². The second-order valence-corrected chi connectivity index (χ2v) is 5.20. The van der Waals surface area contributed by atoms with E-state index in [-0.39, 0.29) is 12.3 Å². The van der Waals surface area contributed by atoms with E-state index in [1.54, 1.807) is 0 Å². The fourth-order valence-electron chi connectivity index (χ4n) is 1.85. The predicted molar refractivity (Wildman–Crippen MR) is 79.0 cm³/mol. The number of hydrogen-bond donors (Lipinski definition) is 2. The van der Waals surface area contributed by atoms with Gasteiger partial charge in [0.2, 0.25) is 0 Å². The molecule has 2 rings (SSSR count). The van der Waals surface area contributed by atoms with Crippen molar-refractivity contribution in [3.63, 3.8) is 0 Å². The standard InChI is InChI=1S/C15H15NO3S/c17-13(18)7-4-9-16-15(19)14-12(8-10-20-14)11-5-2-1-3-6-11/h1-3,5-6,8,10H,4,7,9H2,(H,16,19)(H,17,18). The fraction of sp³-hybridized carbons (Fsp3) is 0.200. The number of amides is 1. The van der Waals surface area contributed by atoms with Gasteiger partial charge < -0.3 is 10.4 Å². The van der Waals surface area contributed by atoms with Crippen molar-refractivity contribution in [1.82, 2.24) is 5.32 Å². The van der Waals surface area contributed by atoms with Crippen LogP contribution in [0.4, 0.5) is 0 Å². The van der Waals surface area contributed by atoms with E-state index in [1.807, 2.05) is 41.8 Å². The van der Waals surface area contributed by atoms with Gasteiger partial charge in [-0.1, -0.05) is 30.3 Å². The number of carbonyl (C=O) groups excluding carboxylic acids is 1. The third kappa shape index (κ3) is 3.68. The third-order valence-corrected chi connectivity index (χ3v) is 3.72. The highest BCUT2D eigenvalue weighted by Gasteiger charge is 2.13. The van der Waals surface area contributed by atoms with Crippen molar-refractivity contribution in [2.75, 3.05) is 6.54 Å². The van der Waals surface area contributed by atoms with Crippen molar-refractivity contribution in [3.05, 3.63) is 46.7 Å². The molecule has 0 aliphatic rings. The van der Waals surface area contributed by atoms with Gasteiger partial charge in [0.05, 0.1) is 4.88 Å². The van der Waals surface area contributed by atoms with Crippen molar-refractivity contribution in [2.45, 2.75) is 12.8 Å². The molecule has 1 aromatic heterocycles. The number of aliphatic carboxylic acids is 1. The minimum atomic E-state index is -0.847. The number of thiophene rings is 1. The maximum Gasteiger partial charge on any atom is 0.303 e. The van der Waals surface area contributed by atoms with Gasteiger partial charge in [0.1, 0.15) is 0 Å². The van der Waals surface area contributed by atoms with E-state index >= 15 is 0 Å². The zero-order valence-electron chi connectivity index (χ0n) is 10.8. The van der Waals surface area contributed by atoms with E-state index < -0.39 is 5.97 Å². The summed E-state index contributed by atoms with van der Waals surface area (Å²) in [5, 5.41) is 13.2. The summed E-state index contributed by atoms with van der Waals surface area (Å²) in [4.78, 5) is 23.2. The van der Waals surface area contributed by atoms with E-state index in [0.29, 0.717) is 17.8 Å². The Kier molecular flexibility index (Phi) is 4.90. The summed E-state index contributed by atoms with van der Waals surface area (Å²) in [5.41, 5.74) is 1.91. The molecule has 0 fully saturated rings. The molecule has 5 heteroatoms. The van der Waals surface area contributed by atoms with Crippen LogP contribution >= 0.6 is 11.3 Å². The van der Waals surface area contributed by atoms with Crippen molar-refractivity contribution in [1.29, 1.82) is 0 Å². The van der Waals surface area contributed by atoms with Crippen molar-refractivity contribution >= 4 is 23.2 Å². The Morgan fingerprint density at radius 1 is 1.15 bits per heavy atom. The molecule has 1 aromatic carbocycles. The fourth-order valence-corrected chi connectivity index (χ4v) is 2.68. The summed E-state index contributed by atoms with van der Waals surface area (Å²) in [6, 6.07) is 11.6. The van der Waals surface area contributed by atoms with E-state index in [4.69, 9.17) is 5.11 Å². The van der Waals surface area contributed by atoms with Crippen molar-refractivity contribution in [2.24, 2.45) is 0 Å². The van der Waals surface area contributed by atoms with Gasteiger partial charge in [-0.3, -0.25) is 9.59 Å². The highest BCUT2D eigenvalue weighted by atomic mass is 32.1. The summed E-state index contributed by atoms with van der Waals surface area (Å²) < 4.78 is 0. The number of rotatable bonds is 6. The van der Waals surface area contributed by atoms with Crippen LogP contribution in [0.3, 0.4) is 0 Å². The lowest BCUT2D eigenvalue weighted by molar-refractivity contribution is -0.137. The quantitative estimate of drug-likeness (QED) is 0.803. The molecule has 0 radical (unpaired) electrons. The molecule has 0 saturated heterocycles. The zero-order valence-corrected chi connectivity index (χ0v) is 11.7. The minimum Gasteiger partial charge on any atom is -0.481 e. The molecular formula is C15H15NO3S. The normalized spacial score (nSPS) is 10.2. The Hall–Kier alpha value is -2.14. The molecule has 0 aliphatic heterocycles. The maximum absolute atomic E-state index is 12.1.